The predicted molar refractivity (Wildman–Crippen MR) is 76.9 cm³/mol. The Hall–Kier alpha value is -2.10. The third kappa shape index (κ3) is 5.69. The van der Waals surface area contributed by atoms with Crippen LogP contribution in [-0.2, 0) is 19.1 Å². The normalized spacial score (nSPS) is 11.0. The molecule has 0 saturated carbocycles. The van der Waals surface area contributed by atoms with Crippen LogP contribution in [0.5, 0.6) is 0 Å². The summed E-state index contributed by atoms with van der Waals surface area (Å²) < 4.78 is 9.81. The van der Waals surface area contributed by atoms with Gasteiger partial charge < -0.3 is 9.47 Å². The highest BCUT2D eigenvalue weighted by Gasteiger charge is 2.09. The average molecular weight is 276 g/mol. The van der Waals surface area contributed by atoms with Crippen LogP contribution in [0.25, 0.3) is 5.57 Å². The molecule has 1 aromatic rings. The Bertz CT molecular complexity index is 463. The molecule has 0 atom stereocenters. The molecule has 0 heterocycles. The maximum atomic E-state index is 11.6. The first-order chi connectivity index (χ1) is 9.67. The highest BCUT2D eigenvalue weighted by Crippen LogP contribution is 2.20. The zero-order valence-electron chi connectivity index (χ0n) is 11.9. The molecule has 0 radical (unpaired) electrons. The second-order valence-electron chi connectivity index (χ2n) is 4.09. The molecule has 0 fully saturated rings. The summed E-state index contributed by atoms with van der Waals surface area (Å²) in [6.07, 6.45) is 2.13. The lowest BCUT2D eigenvalue weighted by Crippen LogP contribution is -2.05. The van der Waals surface area contributed by atoms with E-state index in [1.165, 1.54) is 6.08 Å². The van der Waals surface area contributed by atoms with Crippen molar-refractivity contribution in [2.24, 2.45) is 0 Å². The molecule has 1 aromatic carbocycles. The summed E-state index contributed by atoms with van der Waals surface area (Å²) in [4.78, 5) is 23.0. The summed E-state index contributed by atoms with van der Waals surface area (Å²) >= 11 is 0. The van der Waals surface area contributed by atoms with Crippen molar-refractivity contribution in [3.63, 3.8) is 0 Å². The monoisotopic (exact) mass is 276 g/mol. The van der Waals surface area contributed by atoms with Gasteiger partial charge in [0.2, 0.25) is 0 Å². The molecule has 0 aliphatic carbocycles. The molecule has 0 N–H and O–H groups in total. The number of hydrogen-bond acceptors (Lipinski definition) is 4. The largest absolute Gasteiger partial charge is 0.466 e. The molecule has 0 unspecified atom stereocenters. The van der Waals surface area contributed by atoms with Crippen molar-refractivity contribution in [3.8, 4) is 0 Å². The molecule has 0 aromatic heterocycles. The molecule has 0 aliphatic rings. The van der Waals surface area contributed by atoms with E-state index >= 15 is 0 Å². The third-order valence-corrected chi connectivity index (χ3v) is 2.63. The Morgan fingerprint density at radius 1 is 1.00 bits per heavy atom. The van der Waals surface area contributed by atoms with Gasteiger partial charge in [-0.3, -0.25) is 4.79 Å². The van der Waals surface area contributed by atoms with Crippen LogP contribution in [0.3, 0.4) is 0 Å². The maximum Gasteiger partial charge on any atom is 0.331 e. The lowest BCUT2D eigenvalue weighted by Gasteiger charge is -2.08. The van der Waals surface area contributed by atoms with Crippen LogP contribution in [0.15, 0.2) is 36.4 Å². The van der Waals surface area contributed by atoms with Crippen LogP contribution in [0.2, 0.25) is 0 Å². The molecule has 4 nitrogen and oxygen atoms in total. The Morgan fingerprint density at radius 2 is 1.65 bits per heavy atom. The van der Waals surface area contributed by atoms with Crippen molar-refractivity contribution in [1.82, 2.24) is 0 Å². The number of carbonyl (C=O) groups excluding carboxylic acids is 2. The number of esters is 2. The second-order valence-corrected chi connectivity index (χ2v) is 4.09. The number of benzene rings is 1. The molecule has 0 aliphatic heterocycles. The van der Waals surface area contributed by atoms with Gasteiger partial charge in [-0.2, -0.15) is 0 Å². The fourth-order valence-corrected chi connectivity index (χ4v) is 1.75. The molecule has 0 amide bonds. The number of rotatable bonds is 7. The second kappa shape index (κ2) is 8.91. The number of allylic oxidation sites excluding steroid dienone is 1. The fourth-order valence-electron chi connectivity index (χ4n) is 1.75. The quantitative estimate of drug-likeness (QED) is 0.567. The summed E-state index contributed by atoms with van der Waals surface area (Å²) in [6.45, 7) is 4.22. The predicted octanol–water partition coefficient (Wildman–Crippen LogP) is 2.98. The van der Waals surface area contributed by atoms with Crippen LogP contribution in [0, 0.1) is 0 Å². The van der Waals surface area contributed by atoms with E-state index in [9.17, 15) is 9.59 Å². The van der Waals surface area contributed by atoms with E-state index in [1.807, 2.05) is 30.3 Å². The average Bonchev–Trinajstić information content (AvgIpc) is 2.45. The van der Waals surface area contributed by atoms with Gasteiger partial charge in [0, 0.05) is 12.5 Å². The summed E-state index contributed by atoms with van der Waals surface area (Å²) in [7, 11) is 0. The van der Waals surface area contributed by atoms with Crippen molar-refractivity contribution in [1.29, 1.82) is 0 Å². The van der Waals surface area contributed by atoms with Crippen molar-refractivity contribution >= 4 is 17.5 Å². The first-order valence-electron chi connectivity index (χ1n) is 6.75. The molecule has 1 rings (SSSR count). The highest BCUT2D eigenvalue weighted by atomic mass is 16.5. The minimum atomic E-state index is -0.393. The Balaban J connectivity index is 2.80. The van der Waals surface area contributed by atoms with Crippen LogP contribution in [0.4, 0.5) is 0 Å². The van der Waals surface area contributed by atoms with Crippen LogP contribution in [0.1, 0.15) is 32.3 Å². The highest BCUT2D eigenvalue weighted by molar-refractivity contribution is 5.92. The molecule has 20 heavy (non-hydrogen) atoms. The van der Waals surface area contributed by atoms with Crippen molar-refractivity contribution < 1.29 is 19.1 Å². The Labute approximate surface area is 119 Å². The standard InChI is InChI=1S/C16H20O4/c1-3-19-15(17)11-10-14(12-16(18)20-4-2)13-8-6-5-7-9-13/h5-9,12H,3-4,10-11H2,1-2H3/b14-12-. The zero-order chi connectivity index (χ0) is 14.8. The Kier molecular flexibility index (Phi) is 7.11. The number of ether oxygens (including phenoxy) is 2. The van der Waals surface area contributed by atoms with Crippen LogP contribution >= 0.6 is 0 Å². The third-order valence-electron chi connectivity index (χ3n) is 2.63. The molecule has 0 spiro atoms. The zero-order valence-corrected chi connectivity index (χ0v) is 11.9. The van der Waals surface area contributed by atoms with Gasteiger partial charge in [0.25, 0.3) is 0 Å². The molecular formula is C16H20O4. The van der Waals surface area contributed by atoms with E-state index in [0.717, 1.165) is 11.1 Å². The first-order valence-corrected chi connectivity index (χ1v) is 6.75. The van der Waals surface area contributed by atoms with E-state index < -0.39 is 5.97 Å². The van der Waals surface area contributed by atoms with Gasteiger partial charge in [-0.25, -0.2) is 4.79 Å². The molecule has 0 bridgehead atoms. The van der Waals surface area contributed by atoms with Gasteiger partial charge >= 0.3 is 11.9 Å². The summed E-state index contributed by atoms with van der Waals surface area (Å²) in [6, 6.07) is 9.47. The van der Waals surface area contributed by atoms with Gasteiger partial charge in [0.05, 0.1) is 13.2 Å². The SMILES string of the molecule is CCOC(=O)/C=C(/CCC(=O)OCC)c1ccccc1. The van der Waals surface area contributed by atoms with Gasteiger partial charge in [-0.15, -0.1) is 0 Å². The molecular weight excluding hydrogens is 256 g/mol. The van der Waals surface area contributed by atoms with E-state index in [2.05, 4.69) is 0 Å². The number of carbonyl (C=O) groups is 2. The summed E-state index contributed by atoms with van der Waals surface area (Å²) in [5, 5.41) is 0. The lowest BCUT2D eigenvalue weighted by atomic mass is 10.0. The number of hydrogen-bond donors (Lipinski definition) is 0. The first kappa shape index (κ1) is 16.0. The van der Waals surface area contributed by atoms with E-state index in [4.69, 9.17) is 9.47 Å². The minimum absolute atomic E-state index is 0.244. The van der Waals surface area contributed by atoms with E-state index in [-0.39, 0.29) is 12.4 Å². The van der Waals surface area contributed by atoms with E-state index in [0.29, 0.717) is 19.6 Å². The van der Waals surface area contributed by atoms with Gasteiger partial charge in [0.15, 0.2) is 0 Å². The summed E-state index contributed by atoms with van der Waals surface area (Å²) in [5.74, 6) is -0.659. The van der Waals surface area contributed by atoms with Crippen molar-refractivity contribution in [2.45, 2.75) is 26.7 Å². The summed E-state index contributed by atoms with van der Waals surface area (Å²) in [5.41, 5.74) is 1.68. The minimum Gasteiger partial charge on any atom is -0.466 e. The topological polar surface area (TPSA) is 52.6 Å². The van der Waals surface area contributed by atoms with Gasteiger partial charge in [0.1, 0.15) is 0 Å². The van der Waals surface area contributed by atoms with Crippen molar-refractivity contribution in [3.05, 3.63) is 42.0 Å². The van der Waals surface area contributed by atoms with Gasteiger partial charge in [-0.1, -0.05) is 30.3 Å². The van der Waals surface area contributed by atoms with E-state index in [1.54, 1.807) is 13.8 Å². The van der Waals surface area contributed by atoms with Crippen LogP contribution in [-0.4, -0.2) is 25.2 Å². The van der Waals surface area contributed by atoms with Crippen molar-refractivity contribution in [2.75, 3.05) is 13.2 Å². The van der Waals surface area contributed by atoms with Gasteiger partial charge in [-0.05, 0) is 31.4 Å². The molecule has 108 valence electrons. The molecule has 4 heteroatoms. The Morgan fingerprint density at radius 3 is 2.25 bits per heavy atom. The smallest absolute Gasteiger partial charge is 0.331 e. The lowest BCUT2D eigenvalue weighted by molar-refractivity contribution is -0.143. The fraction of sp³-hybridized carbons (Fsp3) is 0.375. The maximum absolute atomic E-state index is 11.6. The van der Waals surface area contributed by atoms with Crippen LogP contribution < -0.4 is 0 Å². The molecule has 0 saturated heterocycles.